The van der Waals surface area contributed by atoms with E-state index in [2.05, 4.69) is 56.4 Å². The highest BCUT2D eigenvalue weighted by Crippen LogP contribution is 2.31. The summed E-state index contributed by atoms with van der Waals surface area (Å²) in [5, 5.41) is 4.20. The first kappa shape index (κ1) is 14.1. The minimum atomic E-state index is 0.132. The van der Waals surface area contributed by atoms with Crippen LogP contribution >= 0.6 is 11.6 Å². The summed E-state index contributed by atoms with van der Waals surface area (Å²) in [5.74, 6) is 0. The van der Waals surface area contributed by atoms with Crippen LogP contribution in [-0.4, -0.2) is 7.05 Å². The molecule has 2 heteroatoms. The Balaban J connectivity index is 2.53. The SMILES string of the molecule is CNC(c1ccc(C)cc1Cl)c1cccc(C)c1C. The molecule has 0 aliphatic carbocycles. The number of rotatable bonds is 3. The Morgan fingerprint density at radius 2 is 1.74 bits per heavy atom. The topological polar surface area (TPSA) is 12.0 Å². The van der Waals surface area contributed by atoms with Gasteiger partial charge in [0.1, 0.15) is 0 Å². The van der Waals surface area contributed by atoms with Crippen LogP contribution in [0, 0.1) is 20.8 Å². The largest absolute Gasteiger partial charge is 0.309 e. The van der Waals surface area contributed by atoms with E-state index in [4.69, 9.17) is 11.6 Å². The third kappa shape index (κ3) is 2.83. The van der Waals surface area contributed by atoms with Gasteiger partial charge in [-0.2, -0.15) is 0 Å². The molecule has 1 nitrogen and oxygen atoms in total. The molecule has 2 aromatic carbocycles. The predicted octanol–water partition coefficient (Wildman–Crippen LogP) is 4.57. The molecule has 100 valence electrons. The Morgan fingerprint density at radius 3 is 2.37 bits per heavy atom. The van der Waals surface area contributed by atoms with Crippen LogP contribution in [0.2, 0.25) is 5.02 Å². The van der Waals surface area contributed by atoms with Gasteiger partial charge in [0.25, 0.3) is 0 Å². The third-order valence-corrected chi connectivity index (χ3v) is 4.04. The summed E-state index contributed by atoms with van der Waals surface area (Å²) in [6.45, 7) is 6.36. The van der Waals surface area contributed by atoms with Crippen molar-refractivity contribution in [1.29, 1.82) is 0 Å². The average Bonchev–Trinajstić information content (AvgIpc) is 2.37. The van der Waals surface area contributed by atoms with Gasteiger partial charge in [-0.15, -0.1) is 0 Å². The maximum atomic E-state index is 6.41. The quantitative estimate of drug-likeness (QED) is 0.863. The van der Waals surface area contributed by atoms with Gasteiger partial charge in [0, 0.05) is 5.02 Å². The molecule has 1 atom stereocenters. The number of halogens is 1. The van der Waals surface area contributed by atoms with Crippen molar-refractivity contribution in [3.8, 4) is 0 Å². The Kier molecular flexibility index (Phi) is 4.28. The second-order valence-corrected chi connectivity index (χ2v) is 5.44. The fourth-order valence-electron chi connectivity index (χ4n) is 2.43. The van der Waals surface area contributed by atoms with Crippen molar-refractivity contribution in [2.75, 3.05) is 7.05 Å². The second-order valence-electron chi connectivity index (χ2n) is 5.04. The molecule has 0 aliphatic rings. The Hall–Kier alpha value is -1.31. The number of hydrogen-bond donors (Lipinski definition) is 1. The van der Waals surface area contributed by atoms with Crippen LogP contribution in [0.5, 0.6) is 0 Å². The van der Waals surface area contributed by atoms with Gasteiger partial charge < -0.3 is 5.32 Å². The first-order chi connectivity index (χ1) is 9.04. The van der Waals surface area contributed by atoms with E-state index >= 15 is 0 Å². The maximum Gasteiger partial charge on any atom is 0.0591 e. The van der Waals surface area contributed by atoms with Crippen LogP contribution in [0.4, 0.5) is 0 Å². The van der Waals surface area contributed by atoms with E-state index in [1.807, 2.05) is 13.1 Å². The molecule has 19 heavy (non-hydrogen) atoms. The number of nitrogens with one attached hydrogen (secondary N) is 1. The Bertz CT molecular complexity index is 590. The summed E-state index contributed by atoms with van der Waals surface area (Å²) in [6, 6.07) is 12.8. The van der Waals surface area contributed by atoms with E-state index in [1.54, 1.807) is 0 Å². The molecule has 2 aromatic rings. The van der Waals surface area contributed by atoms with Gasteiger partial charge in [-0.25, -0.2) is 0 Å². The molecule has 0 bridgehead atoms. The lowest BCUT2D eigenvalue weighted by atomic mass is 9.92. The van der Waals surface area contributed by atoms with Gasteiger partial charge >= 0.3 is 0 Å². The summed E-state index contributed by atoms with van der Waals surface area (Å²) in [7, 11) is 1.97. The Morgan fingerprint density at radius 1 is 1.00 bits per heavy atom. The summed E-state index contributed by atoms with van der Waals surface area (Å²) in [6.07, 6.45) is 0. The van der Waals surface area contributed by atoms with E-state index < -0.39 is 0 Å². The maximum absolute atomic E-state index is 6.41. The standard InChI is InChI=1S/C17H20ClN/c1-11-8-9-15(16(18)10-11)17(19-4)14-7-5-6-12(2)13(14)3/h5-10,17,19H,1-4H3. The zero-order chi connectivity index (χ0) is 14.0. The summed E-state index contributed by atoms with van der Waals surface area (Å²) >= 11 is 6.41. The zero-order valence-electron chi connectivity index (χ0n) is 11.9. The van der Waals surface area contributed by atoms with Gasteiger partial charge in [0.15, 0.2) is 0 Å². The van der Waals surface area contributed by atoms with E-state index in [0.717, 1.165) is 10.6 Å². The van der Waals surface area contributed by atoms with Crippen molar-refractivity contribution in [2.24, 2.45) is 0 Å². The molecule has 0 amide bonds. The molecule has 0 saturated carbocycles. The lowest BCUT2D eigenvalue weighted by Crippen LogP contribution is -2.19. The van der Waals surface area contributed by atoms with Crippen molar-refractivity contribution in [1.82, 2.24) is 5.32 Å². The fourth-order valence-corrected chi connectivity index (χ4v) is 2.78. The van der Waals surface area contributed by atoms with Crippen LogP contribution in [0.25, 0.3) is 0 Å². The van der Waals surface area contributed by atoms with Crippen molar-refractivity contribution >= 4 is 11.6 Å². The molecule has 0 aromatic heterocycles. The number of hydrogen-bond acceptors (Lipinski definition) is 1. The predicted molar refractivity (Wildman–Crippen MR) is 83.0 cm³/mol. The summed E-state index contributed by atoms with van der Waals surface area (Å²) in [4.78, 5) is 0. The van der Waals surface area contributed by atoms with Crippen molar-refractivity contribution in [3.05, 3.63) is 69.2 Å². The molecular formula is C17H20ClN. The van der Waals surface area contributed by atoms with Crippen LogP contribution in [-0.2, 0) is 0 Å². The van der Waals surface area contributed by atoms with E-state index in [9.17, 15) is 0 Å². The van der Waals surface area contributed by atoms with Crippen molar-refractivity contribution in [3.63, 3.8) is 0 Å². The minimum absolute atomic E-state index is 0.132. The van der Waals surface area contributed by atoms with Gasteiger partial charge in [0.05, 0.1) is 6.04 Å². The molecular weight excluding hydrogens is 254 g/mol. The average molecular weight is 274 g/mol. The lowest BCUT2D eigenvalue weighted by Gasteiger charge is -2.21. The van der Waals surface area contributed by atoms with E-state index in [-0.39, 0.29) is 6.04 Å². The normalized spacial score (nSPS) is 12.5. The molecule has 0 spiro atoms. The Labute approximate surface area is 120 Å². The zero-order valence-corrected chi connectivity index (χ0v) is 12.7. The number of benzene rings is 2. The third-order valence-electron chi connectivity index (χ3n) is 3.71. The minimum Gasteiger partial charge on any atom is -0.309 e. The van der Waals surface area contributed by atoms with Crippen molar-refractivity contribution in [2.45, 2.75) is 26.8 Å². The molecule has 2 rings (SSSR count). The first-order valence-corrected chi connectivity index (χ1v) is 6.92. The van der Waals surface area contributed by atoms with Gasteiger partial charge in [-0.1, -0.05) is 41.9 Å². The summed E-state index contributed by atoms with van der Waals surface area (Å²) < 4.78 is 0. The van der Waals surface area contributed by atoms with Gasteiger partial charge in [0.2, 0.25) is 0 Å². The highest BCUT2D eigenvalue weighted by molar-refractivity contribution is 6.31. The highest BCUT2D eigenvalue weighted by Gasteiger charge is 2.17. The number of aryl methyl sites for hydroxylation is 2. The molecule has 1 N–H and O–H groups in total. The van der Waals surface area contributed by atoms with Crippen molar-refractivity contribution < 1.29 is 0 Å². The van der Waals surface area contributed by atoms with Crippen LogP contribution in [0.1, 0.15) is 33.9 Å². The molecule has 0 radical (unpaired) electrons. The first-order valence-electron chi connectivity index (χ1n) is 6.54. The summed E-state index contributed by atoms with van der Waals surface area (Å²) in [5.41, 5.74) is 6.22. The molecule has 0 saturated heterocycles. The van der Waals surface area contributed by atoms with E-state index in [1.165, 1.54) is 22.3 Å². The molecule has 0 aliphatic heterocycles. The van der Waals surface area contributed by atoms with Crippen LogP contribution in [0.3, 0.4) is 0 Å². The molecule has 0 heterocycles. The lowest BCUT2D eigenvalue weighted by molar-refractivity contribution is 0.687. The highest BCUT2D eigenvalue weighted by atomic mass is 35.5. The second kappa shape index (κ2) is 5.77. The smallest absolute Gasteiger partial charge is 0.0591 e. The molecule has 0 fully saturated rings. The van der Waals surface area contributed by atoms with Crippen LogP contribution < -0.4 is 5.32 Å². The van der Waals surface area contributed by atoms with Gasteiger partial charge in [-0.3, -0.25) is 0 Å². The van der Waals surface area contributed by atoms with E-state index in [0.29, 0.717) is 0 Å². The molecule has 1 unspecified atom stereocenters. The van der Waals surface area contributed by atoms with Crippen LogP contribution in [0.15, 0.2) is 36.4 Å². The van der Waals surface area contributed by atoms with Gasteiger partial charge in [-0.05, 0) is 61.7 Å². The monoisotopic (exact) mass is 273 g/mol. The fraction of sp³-hybridized carbons (Fsp3) is 0.294.